The summed E-state index contributed by atoms with van der Waals surface area (Å²) in [5.41, 5.74) is -0.416. The van der Waals surface area contributed by atoms with E-state index in [4.69, 9.17) is 9.47 Å². The molecule has 1 aliphatic rings. The fourth-order valence-corrected chi connectivity index (χ4v) is 2.93. The fourth-order valence-electron chi connectivity index (χ4n) is 2.93. The van der Waals surface area contributed by atoms with E-state index in [0.717, 1.165) is 25.4 Å². The summed E-state index contributed by atoms with van der Waals surface area (Å²) in [5.74, 6) is 0.759. The highest BCUT2D eigenvalue weighted by atomic mass is 16.6. The van der Waals surface area contributed by atoms with Crippen molar-refractivity contribution in [1.82, 2.24) is 10.2 Å². The SMILES string of the molecule is COCC1CCN(CCCCCCNC(=O)OC(C)(C)C)CC1. The van der Waals surface area contributed by atoms with Gasteiger partial charge in [-0.25, -0.2) is 4.79 Å². The molecule has 1 heterocycles. The van der Waals surface area contributed by atoms with E-state index in [-0.39, 0.29) is 6.09 Å². The molecular formula is C18H36N2O3. The Morgan fingerprint density at radius 1 is 1.13 bits per heavy atom. The van der Waals surface area contributed by atoms with E-state index in [0.29, 0.717) is 6.54 Å². The maximum absolute atomic E-state index is 11.5. The van der Waals surface area contributed by atoms with Crippen LogP contribution in [0.4, 0.5) is 4.79 Å². The first-order valence-electron chi connectivity index (χ1n) is 9.09. The van der Waals surface area contributed by atoms with Gasteiger partial charge < -0.3 is 19.7 Å². The number of alkyl carbamates (subject to hydrolysis) is 1. The van der Waals surface area contributed by atoms with Gasteiger partial charge in [0.2, 0.25) is 0 Å². The van der Waals surface area contributed by atoms with Gasteiger partial charge in [-0.15, -0.1) is 0 Å². The number of methoxy groups -OCH3 is 1. The zero-order chi connectivity index (χ0) is 17.1. The lowest BCUT2D eigenvalue weighted by Gasteiger charge is -2.31. The lowest BCUT2D eigenvalue weighted by Crippen LogP contribution is -2.35. The van der Waals surface area contributed by atoms with E-state index in [1.165, 1.54) is 45.3 Å². The summed E-state index contributed by atoms with van der Waals surface area (Å²) < 4.78 is 10.4. The summed E-state index contributed by atoms with van der Waals surface area (Å²) >= 11 is 0. The molecule has 5 heteroatoms. The van der Waals surface area contributed by atoms with Crippen LogP contribution < -0.4 is 5.32 Å². The second-order valence-electron chi connectivity index (χ2n) is 7.58. The molecule has 1 N–H and O–H groups in total. The molecular weight excluding hydrogens is 292 g/mol. The average Bonchev–Trinajstić information content (AvgIpc) is 2.46. The van der Waals surface area contributed by atoms with Gasteiger partial charge in [-0.2, -0.15) is 0 Å². The zero-order valence-corrected chi connectivity index (χ0v) is 15.5. The van der Waals surface area contributed by atoms with Gasteiger partial charge in [-0.1, -0.05) is 12.8 Å². The summed E-state index contributed by atoms with van der Waals surface area (Å²) in [4.78, 5) is 14.1. The van der Waals surface area contributed by atoms with Crippen LogP contribution in [0.5, 0.6) is 0 Å². The van der Waals surface area contributed by atoms with Gasteiger partial charge in [0.25, 0.3) is 0 Å². The largest absolute Gasteiger partial charge is 0.444 e. The van der Waals surface area contributed by atoms with Crippen molar-refractivity contribution in [2.45, 2.75) is 64.9 Å². The highest BCUT2D eigenvalue weighted by molar-refractivity contribution is 5.67. The maximum atomic E-state index is 11.5. The first-order chi connectivity index (χ1) is 10.9. The number of ether oxygens (including phenoxy) is 2. The smallest absolute Gasteiger partial charge is 0.407 e. The monoisotopic (exact) mass is 328 g/mol. The Morgan fingerprint density at radius 3 is 2.39 bits per heavy atom. The Morgan fingerprint density at radius 2 is 1.78 bits per heavy atom. The van der Waals surface area contributed by atoms with E-state index in [1.807, 2.05) is 20.8 Å². The molecule has 0 atom stereocenters. The van der Waals surface area contributed by atoms with Crippen molar-refractivity contribution in [3.8, 4) is 0 Å². The van der Waals surface area contributed by atoms with Gasteiger partial charge in [-0.3, -0.25) is 0 Å². The minimum absolute atomic E-state index is 0.309. The highest BCUT2D eigenvalue weighted by Crippen LogP contribution is 2.17. The average molecular weight is 328 g/mol. The topological polar surface area (TPSA) is 50.8 Å². The number of hydrogen-bond donors (Lipinski definition) is 1. The van der Waals surface area contributed by atoms with E-state index in [2.05, 4.69) is 10.2 Å². The normalized spacial score (nSPS) is 17.2. The molecule has 0 aromatic heterocycles. The van der Waals surface area contributed by atoms with Crippen molar-refractivity contribution in [2.24, 2.45) is 5.92 Å². The highest BCUT2D eigenvalue weighted by Gasteiger charge is 2.18. The second-order valence-corrected chi connectivity index (χ2v) is 7.58. The van der Waals surface area contributed by atoms with Gasteiger partial charge in [0.05, 0.1) is 0 Å². The molecule has 0 bridgehead atoms. The van der Waals surface area contributed by atoms with Crippen molar-refractivity contribution < 1.29 is 14.3 Å². The number of rotatable bonds is 9. The van der Waals surface area contributed by atoms with E-state index in [1.54, 1.807) is 7.11 Å². The van der Waals surface area contributed by atoms with Crippen LogP contribution in [0.3, 0.4) is 0 Å². The zero-order valence-electron chi connectivity index (χ0n) is 15.5. The molecule has 136 valence electrons. The number of unbranched alkanes of at least 4 members (excludes halogenated alkanes) is 3. The van der Waals surface area contributed by atoms with Crippen LogP contribution in [0.15, 0.2) is 0 Å². The van der Waals surface area contributed by atoms with Crippen LogP contribution >= 0.6 is 0 Å². The maximum Gasteiger partial charge on any atom is 0.407 e. The fraction of sp³-hybridized carbons (Fsp3) is 0.944. The third kappa shape index (κ3) is 10.6. The first-order valence-corrected chi connectivity index (χ1v) is 9.09. The standard InChI is InChI=1S/C18H36N2O3/c1-18(2,3)23-17(21)19-11-7-5-6-8-12-20-13-9-16(10-14-20)15-22-4/h16H,5-15H2,1-4H3,(H,19,21). The summed E-state index contributed by atoms with van der Waals surface area (Å²) in [6.07, 6.45) is 6.90. The Labute approximate surface area is 142 Å². The second kappa shape index (κ2) is 10.9. The summed E-state index contributed by atoms with van der Waals surface area (Å²) in [6, 6.07) is 0. The number of carbonyl (C=O) groups is 1. The van der Waals surface area contributed by atoms with Gasteiger partial charge in [-0.05, 0) is 72.0 Å². The molecule has 1 saturated heterocycles. The lowest BCUT2D eigenvalue weighted by molar-refractivity contribution is 0.0527. The number of nitrogens with zero attached hydrogens (tertiary/aromatic N) is 1. The molecule has 1 fully saturated rings. The number of hydrogen-bond acceptors (Lipinski definition) is 4. The molecule has 0 saturated carbocycles. The van der Waals surface area contributed by atoms with Crippen molar-refractivity contribution >= 4 is 6.09 Å². The molecule has 0 spiro atoms. The molecule has 0 aliphatic carbocycles. The molecule has 5 nitrogen and oxygen atoms in total. The van der Waals surface area contributed by atoms with Crippen LogP contribution in [0.25, 0.3) is 0 Å². The number of piperidine rings is 1. The minimum Gasteiger partial charge on any atom is -0.444 e. The minimum atomic E-state index is -0.416. The van der Waals surface area contributed by atoms with Crippen LogP contribution in [-0.4, -0.2) is 56.5 Å². The Kier molecular flexibility index (Phi) is 9.56. The van der Waals surface area contributed by atoms with Crippen molar-refractivity contribution in [1.29, 1.82) is 0 Å². The third-order valence-corrected chi connectivity index (χ3v) is 4.18. The van der Waals surface area contributed by atoms with E-state index < -0.39 is 5.60 Å². The molecule has 0 unspecified atom stereocenters. The van der Waals surface area contributed by atoms with E-state index in [9.17, 15) is 4.79 Å². The molecule has 1 amide bonds. The summed E-state index contributed by atoms with van der Waals surface area (Å²) in [5, 5.41) is 2.81. The third-order valence-electron chi connectivity index (χ3n) is 4.18. The van der Waals surface area contributed by atoms with Crippen LogP contribution in [0, 0.1) is 5.92 Å². The Balaban J connectivity index is 1.91. The van der Waals surface area contributed by atoms with Crippen molar-refractivity contribution in [3.63, 3.8) is 0 Å². The van der Waals surface area contributed by atoms with Crippen LogP contribution in [-0.2, 0) is 9.47 Å². The predicted octanol–water partition coefficient (Wildman–Crippen LogP) is 3.43. The molecule has 0 aromatic rings. The molecule has 23 heavy (non-hydrogen) atoms. The van der Waals surface area contributed by atoms with Crippen molar-refractivity contribution in [3.05, 3.63) is 0 Å². The number of likely N-dealkylation sites (tertiary alicyclic amines) is 1. The first kappa shape index (κ1) is 20.2. The van der Waals surface area contributed by atoms with Gasteiger partial charge in [0.15, 0.2) is 0 Å². The van der Waals surface area contributed by atoms with Crippen LogP contribution in [0.1, 0.15) is 59.3 Å². The molecule has 1 rings (SSSR count). The Bertz CT molecular complexity index is 321. The number of amides is 1. The van der Waals surface area contributed by atoms with Gasteiger partial charge in [0.1, 0.15) is 5.60 Å². The molecule has 0 aromatic carbocycles. The number of nitrogens with one attached hydrogen (secondary N) is 1. The quantitative estimate of drug-likeness (QED) is 0.659. The summed E-state index contributed by atoms with van der Waals surface area (Å²) in [6.45, 7) is 10.9. The van der Waals surface area contributed by atoms with Gasteiger partial charge in [0, 0.05) is 20.3 Å². The Hall–Kier alpha value is -0.810. The molecule has 1 aliphatic heterocycles. The predicted molar refractivity (Wildman–Crippen MR) is 93.7 cm³/mol. The summed E-state index contributed by atoms with van der Waals surface area (Å²) in [7, 11) is 1.80. The van der Waals surface area contributed by atoms with Gasteiger partial charge >= 0.3 is 6.09 Å². The number of carbonyl (C=O) groups excluding carboxylic acids is 1. The van der Waals surface area contributed by atoms with Crippen molar-refractivity contribution in [2.75, 3.05) is 39.9 Å². The van der Waals surface area contributed by atoms with Crippen LogP contribution in [0.2, 0.25) is 0 Å². The molecule has 0 radical (unpaired) electrons. The lowest BCUT2D eigenvalue weighted by atomic mass is 9.97. The van der Waals surface area contributed by atoms with E-state index >= 15 is 0 Å².